The van der Waals surface area contributed by atoms with E-state index in [1.54, 1.807) is 0 Å². The van der Waals surface area contributed by atoms with Gasteiger partial charge in [0.25, 0.3) is 0 Å². The van der Waals surface area contributed by atoms with E-state index in [1.807, 2.05) is 11.5 Å². The highest BCUT2D eigenvalue weighted by Gasteiger charge is 2.29. The number of carbonyl (C=O) groups excluding carboxylic acids is 1. The van der Waals surface area contributed by atoms with Gasteiger partial charge in [-0.15, -0.1) is 11.6 Å². The molecule has 1 amide bonds. The van der Waals surface area contributed by atoms with Gasteiger partial charge < -0.3 is 14.6 Å². The van der Waals surface area contributed by atoms with Gasteiger partial charge in [-0.25, -0.2) is 9.97 Å². The van der Waals surface area contributed by atoms with E-state index in [2.05, 4.69) is 20.3 Å². The SMILES string of the molecule is COc1ncnc2c1nc(C(C)Cl)n2C1CNC(=O)C1. The number of ether oxygens (including phenoxy) is 1. The van der Waals surface area contributed by atoms with Crippen LogP contribution in [0.1, 0.15) is 30.6 Å². The van der Waals surface area contributed by atoms with Crippen molar-refractivity contribution in [2.24, 2.45) is 0 Å². The number of nitrogens with zero attached hydrogens (tertiary/aromatic N) is 4. The van der Waals surface area contributed by atoms with Crippen LogP contribution in [0, 0.1) is 0 Å². The molecule has 20 heavy (non-hydrogen) atoms. The number of methoxy groups -OCH3 is 1. The summed E-state index contributed by atoms with van der Waals surface area (Å²) in [6.07, 6.45) is 1.82. The molecule has 0 aromatic carbocycles. The largest absolute Gasteiger partial charge is 0.479 e. The minimum Gasteiger partial charge on any atom is -0.479 e. The molecular weight excluding hydrogens is 282 g/mol. The highest BCUT2D eigenvalue weighted by molar-refractivity contribution is 6.20. The van der Waals surface area contributed by atoms with Crippen LogP contribution < -0.4 is 10.1 Å². The molecule has 0 bridgehead atoms. The van der Waals surface area contributed by atoms with Crippen LogP contribution in [0.2, 0.25) is 0 Å². The topological polar surface area (TPSA) is 81.9 Å². The fourth-order valence-corrected chi connectivity index (χ4v) is 2.62. The van der Waals surface area contributed by atoms with E-state index in [0.29, 0.717) is 35.8 Å². The predicted octanol–water partition coefficient (Wildman–Crippen LogP) is 1.20. The Morgan fingerprint density at radius 3 is 2.95 bits per heavy atom. The van der Waals surface area contributed by atoms with Gasteiger partial charge in [-0.05, 0) is 6.92 Å². The molecular formula is C12H14ClN5O2. The predicted molar refractivity (Wildman–Crippen MR) is 72.8 cm³/mol. The lowest BCUT2D eigenvalue weighted by molar-refractivity contribution is -0.119. The van der Waals surface area contributed by atoms with Crippen LogP contribution in [0.3, 0.4) is 0 Å². The average molecular weight is 296 g/mol. The number of hydrogen-bond donors (Lipinski definition) is 1. The zero-order valence-electron chi connectivity index (χ0n) is 11.1. The van der Waals surface area contributed by atoms with Crippen LogP contribution in [0.4, 0.5) is 0 Å². The van der Waals surface area contributed by atoms with Crippen LogP contribution >= 0.6 is 11.6 Å². The monoisotopic (exact) mass is 295 g/mol. The molecule has 0 radical (unpaired) electrons. The van der Waals surface area contributed by atoms with Gasteiger partial charge in [0.2, 0.25) is 11.8 Å². The Kier molecular flexibility index (Phi) is 3.21. The Hall–Kier alpha value is -1.89. The molecule has 3 heterocycles. The zero-order chi connectivity index (χ0) is 14.3. The van der Waals surface area contributed by atoms with Crippen LogP contribution in [-0.2, 0) is 4.79 Å². The lowest BCUT2D eigenvalue weighted by Gasteiger charge is -2.15. The fraction of sp³-hybridized carbons (Fsp3) is 0.500. The molecule has 2 atom stereocenters. The van der Waals surface area contributed by atoms with Gasteiger partial charge in [-0.3, -0.25) is 4.79 Å². The van der Waals surface area contributed by atoms with Gasteiger partial charge in [0.05, 0.1) is 18.5 Å². The number of nitrogens with one attached hydrogen (secondary N) is 1. The van der Waals surface area contributed by atoms with E-state index >= 15 is 0 Å². The molecule has 2 unspecified atom stereocenters. The van der Waals surface area contributed by atoms with Gasteiger partial charge in [0.1, 0.15) is 12.2 Å². The first-order valence-electron chi connectivity index (χ1n) is 6.29. The summed E-state index contributed by atoms with van der Waals surface area (Å²) in [5.74, 6) is 1.10. The van der Waals surface area contributed by atoms with Crippen molar-refractivity contribution < 1.29 is 9.53 Å². The Balaban J connectivity index is 2.22. The number of alkyl halides is 1. The second kappa shape index (κ2) is 4.90. The Bertz CT molecular complexity index is 669. The summed E-state index contributed by atoms with van der Waals surface area (Å²) in [4.78, 5) is 24.3. The van der Waals surface area contributed by atoms with Gasteiger partial charge in [-0.1, -0.05) is 0 Å². The molecule has 3 rings (SSSR count). The van der Waals surface area contributed by atoms with Crippen LogP contribution in [0.25, 0.3) is 11.2 Å². The van der Waals surface area contributed by atoms with Gasteiger partial charge in [0.15, 0.2) is 11.2 Å². The summed E-state index contributed by atoms with van der Waals surface area (Å²) < 4.78 is 7.12. The van der Waals surface area contributed by atoms with Crippen molar-refractivity contribution in [3.8, 4) is 5.88 Å². The van der Waals surface area contributed by atoms with E-state index < -0.39 is 0 Å². The Labute approximate surface area is 120 Å². The third-order valence-electron chi connectivity index (χ3n) is 3.34. The summed E-state index contributed by atoms with van der Waals surface area (Å²) in [6.45, 7) is 2.39. The fourth-order valence-electron chi connectivity index (χ4n) is 2.47. The molecule has 1 aliphatic rings. The lowest BCUT2D eigenvalue weighted by atomic mass is 10.2. The van der Waals surface area contributed by atoms with Gasteiger partial charge in [-0.2, -0.15) is 4.98 Å². The first-order valence-corrected chi connectivity index (χ1v) is 6.73. The molecule has 1 fully saturated rings. The molecule has 0 aliphatic carbocycles. The number of carbonyl (C=O) groups is 1. The number of imidazole rings is 1. The second-order valence-corrected chi connectivity index (χ2v) is 5.33. The van der Waals surface area contributed by atoms with Crippen molar-refractivity contribution in [2.75, 3.05) is 13.7 Å². The number of fused-ring (bicyclic) bond motifs is 1. The smallest absolute Gasteiger partial charge is 0.245 e. The highest BCUT2D eigenvalue weighted by Crippen LogP contribution is 2.32. The normalized spacial score (nSPS) is 20.1. The lowest BCUT2D eigenvalue weighted by Crippen LogP contribution is -2.17. The molecule has 2 aromatic heterocycles. The maximum Gasteiger partial charge on any atom is 0.245 e. The minimum absolute atomic E-state index is 0.0195. The molecule has 0 spiro atoms. The third-order valence-corrected chi connectivity index (χ3v) is 3.54. The second-order valence-electron chi connectivity index (χ2n) is 4.67. The molecule has 1 saturated heterocycles. The maximum absolute atomic E-state index is 11.5. The summed E-state index contributed by atoms with van der Waals surface area (Å²) in [5, 5.41) is 2.51. The number of hydrogen-bond acceptors (Lipinski definition) is 5. The molecule has 7 nitrogen and oxygen atoms in total. The molecule has 8 heteroatoms. The molecule has 1 N–H and O–H groups in total. The van der Waals surface area contributed by atoms with E-state index in [1.165, 1.54) is 13.4 Å². The third kappa shape index (κ3) is 1.98. The highest BCUT2D eigenvalue weighted by atomic mass is 35.5. The van der Waals surface area contributed by atoms with Crippen molar-refractivity contribution in [3.63, 3.8) is 0 Å². The summed E-state index contributed by atoms with van der Waals surface area (Å²) in [7, 11) is 1.53. The Morgan fingerprint density at radius 2 is 2.35 bits per heavy atom. The van der Waals surface area contributed by atoms with Gasteiger partial charge >= 0.3 is 0 Å². The molecule has 1 aliphatic heterocycles. The standard InChI is InChI=1S/C12H14ClN5O2/c1-6(13)10-17-9-11(15-5-16-12(9)20-2)18(10)7-3-8(19)14-4-7/h5-7H,3-4H2,1-2H3,(H,14,19). The molecule has 106 valence electrons. The maximum atomic E-state index is 11.5. The van der Waals surface area contributed by atoms with Crippen molar-refractivity contribution in [2.45, 2.75) is 24.8 Å². The number of amides is 1. The van der Waals surface area contributed by atoms with E-state index in [4.69, 9.17) is 16.3 Å². The quantitative estimate of drug-likeness (QED) is 0.860. The van der Waals surface area contributed by atoms with E-state index in [0.717, 1.165) is 0 Å². The molecule has 0 saturated carbocycles. The zero-order valence-corrected chi connectivity index (χ0v) is 11.9. The van der Waals surface area contributed by atoms with Crippen molar-refractivity contribution in [1.82, 2.24) is 24.8 Å². The number of halogens is 1. The van der Waals surface area contributed by atoms with Crippen molar-refractivity contribution in [3.05, 3.63) is 12.2 Å². The van der Waals surface area contributed by atoms with Gasteiger partial charge in [0, 0.05) is 13.0 Å². The molecule has 2 aromatic rings. The van der Waals surface area contributed by atoms with Crippen LogP contribution in [0.15, 0.2) is 6.33 Å². The first-order chi connectivity index (χ1) is 9.61. The Morgan fingerprint density at radius 1 is 1.55 bits per heavy atom. The van der Waals surface area contributed by atoms with Crippen LogP contribution in [0.5, 0.6) is 5.88 Å². The van der Waals surface area contributed by atoms with Crippen LogP contribution in [-0.4, -0.2) is 39.1 Å². The number of aromatic nitrogens is 4. The van der Waals surface area contributed by atoms with Crippen molar-refractivity contribution >= 4 is 28.7 Å². The van der Waals surface area contributed by atoms with E-state index in [9.17, 15) is 4.79 Å². The summed E-state index contributed by atoms with van der Waals surface area (Å²) in [6, 6.07) is -0.0386. The summed E-state index contributed by atoms with van der Waals surface area (Å²) in [5.41, 5.74) is 1.21. The average Bonchev–Trinajstić information content (AvgIpc) is 3.01. The van der Waals surface area contributed by atoms with Crippen molar-refractivity contribution in [1.29, 1.82) is 0 Å². The first kappa shape index (κ1) is 13.1. The summed E-state index contributed by atoms with van der Waals surface area (Å²) >= 11 is 6.21. The minimum atomic E-state index is -0.301. The van der Waals surface area contributed by atoms with E-state index in [-0.39, 0.29) is 17.3 Å². The number of rotatable bonds is 3.